The highest BCUT2D eigenvalue weighted by atomic mass is 32.3. The molecule has 13 heteroatoms. The van der Waals surface area contributed by atoms with Gasteiger partial charge in [-0.3, -0.25) is 4.18 Å². The molecule has 1 N–H and O–H groups in total. The predicted octanol–water partition coefficient (Wildman–Crippen LogP) is 2.93. The summed E-state index contributed by atoms with van der Waals surface area (Å²) in [5.74, 6) is 1.51. The summed E-state index contributed by atoms with van der Waals surface area (Å²) < 4.78 is 90.9. The number of ether oxygens (including phenoxy) is 2. The van der Waals surface area contributed by atoms with Gasteiger partial charge in [-0.2, -0.15) is 17.2 Å². The van der Waals surface area contributed by atoms with Crippen LogP contribution in [-0.4, -0.2) is 47.1 Å². The number of alkyl halides is 2. The molecule has 4 saturated carbocycles. The molecule has 9 nitrogen and oxygen atoms in total. The Morgan fingerprint density at radius 3 is 1.94 bits per heavy atom. The fraction of sp³-hybridized carbons (Fsp3) is 0.944. The van der Waals surface area contributed by atoms with Crippen molar-refractivity contribution in [3.63, 3.8) is 0 Å². The molecule has 0 amide bonds. The summed E-state index contributed by atoms with van der Waals surface area (Å²) in [4.78, 5) is 11.4. The monoisotopic (exact) mass is 489 g/mol. The lowest BCUT2D eigenvalue weighted by molar-refractivity contribution is -0.0737. The molecule has 0 unspecified atom stereocenters. The van der Waals surface area contributed by atoms with E-state index in [1.165, 1.54) is 20.8 Å². The van der Waals surface area contributed by atoms with Crippen LogP contribution < -0.4 is 4.13 Å². The second kappa shape index (κ2) is 8.07. The highest BCUT2D eigenvalue weighted by Crippen LogP contribution is 2.60. The first-order valence-corrected chi connectivity index (χ1v) is 13.1. The molecule has 0 radical (unpaired) electrons. The summed E-state index contributed by atoms with van der Waals surface area (Å²) in [5, 5.41) is -4.72. The summed E-state index contributed by atoms with van der Waals surface area (Å²) in [6.07, 6.45) is 4.21. The van der Waals surface area contributed by atoms with Crippen molar-refractivity contribution in [2.75, 3.05) is 13.2 Å². The van der Waals surface area contributed by atoms with E-state index in [1.54, 1.807) is 0 Å². The van der Waals surface area contributed by atoms with E-state index in [0.29, 0.717) is 17.8 Å². The number of rotatable bonds is 8. The zero-order chi connectivity index (χ0) is 23.3. The van der Waals surface area contributed by atoms with Gasteiger partial charge in [-0.1, -0.05) is 4.13 Å². The van der Waals surface area contributed by atoms with Crippen LogP contribution in [0.4, 0.5) is 13.6 Å². The molecule has 0 spiro atoms. The molecule has 0 aromatic carbocycles. The average Bonchev–Trinajstić information content (AvgIpc) is 2.55. The first-order valence-electron chi connectivity index (χ1n) is 10.2. The molecule has 0 saturated heterocycles. The molecule has 0 heterocycles. The van der Waals surface area contributed by atoms with Gasteiger partial charge in [-0.25, -0.2) is 13.2 Å². The third-order valence-corrected chi connectivity index (χ3v) is 9.06. The normalized spacial score (nSPS) is 30.9. The van der Waals surface area contributed by atoms with Gasteiger partial charge in [0.25, 0.3) is 10.0 Å². The Bertz CT molecular complexity index is 876. The van der Waals surface area contributed by atoms with E-state index in [9.17, 15) is 30.4 Å². The van der Waals surface area contributed by atoms with Crippen LogP contribution in [0.25, 0.3) is 0 Å². The van der Waals surface area contributed by atoms with E-state index in [0.717, 1.165) is 42.7 Å². The van der Waals surface area contributed by atoms with Crippen molar-refractivity contribution >= 4 is 26.5 Å². The Morgan fingerprint density at radius 1 is 1.00 bits per heavy atom. The van der Waals surface area contributed by atoms with Gasteiger partial charge >= 0.3 is 21.7 Å². The van der Waals surface area contributed by atoms with Crippen LogP contribution in [0, 0.1) is 23.2 Å². The first-order chi connectivity index (χ1) is 14.0. The Morgan fingerprint density at radius 2 is 1.48 bits per heavy atom. The quantitative estimate of drug-likeness (QED) is 0.516. The lowest BCUT2D eigenvalue weighted by atomic mass is 9.50. The molecular weight excluding hydrogens is 460 g/mol. The van der Waals surface area contributed by atoms with E-state index < -0.39 is 43.9 Å². The van der Waals surface area contributed by atoms with Crippen LogP contribution in [0.2, 0.25) is 0 Å². The molecule has 4 bridgehead atoms. The van der Waals surface area contributed by atoms with Crippen molar-refractivity contribution in [2.24, 2.45) is 23.2 Å². The molecule has 0 aromatic heterocycles. The fourth-order valence-electron chi connectivity index (χ4n) is 5.39. The first kappa shape index (κ1) is 24.6. The van der Waals surface area contributed by atoms with Crippen molar-refractivity contribution in [3.05, 3.63) is 0 Å². The average molecular weight is 490 g/mol. The Hall–Kier alpha value is -1.05. The maximum Gasteiger partial charge on any atom is 0.509 e. The zero-order valence-corrected chi connectivity index (χ0v) is 19.4. The Balaban J connectivity index is 1.57. The van der Waals surface area contributed by atoms with Crippen LogP contribution in [0.3, 0.4) is 0 Å². The highest BCUT2D eigenvalue weighted by molar-refractivity contribution is 8.03. The standard InChI is InChI=1S/C18H29F2NO8S2/c1-16(2,3)29-15(22)27-11-18(19,20)30(23,24)21-31(25,26)28-10-17-7-12-4-13(8-17)6-14(5-12)9-17/h12-14,21H,4-11H2,1-3H3. The number of carbonyl (C=O) groups is 1. The van der Waals surface area contributed by atoms with E-state index in [2.05, 4.69) is 9.47 Å². The molecule has 4 rings (SSSR count). The van der Waals surface area contributed by atoms with E-state index >= 15 is 0 Å². The minimum absolute atomic E-state index is 0.249. The maximum atomic E-state index is 14.1. The summed E-state index contributed by atoms with van der Waals surface area (Å²) in [7, 11) is -10.8. The summed E-state index contributed by atoms with van der Waals surface area (Å²) in [6, 6.07) is 0. The predicted molar refractivity (Wildman–Crippen MR) is 105 cm³/mol. The van der Waals surface area contributed by atoms with Gasteiger partial charge in [0, 0.05) is 0 Å². The molecular formula is C18H29F2NO8S2. The zero-order valence-electron chi connectivity index (χ0n) is 17.7. The number of carbonyl (C=O) groups excluding carboxylic acids is 1. The fourth-order valence-corrected chi connectivity index (χ4v) is 7.76. The van der Waals surface area contributed by atoms with Gasteiger partial charge in [0.2, 0.25) is 0 Å². The van der Waals surface area contributed by atoms with Gasteiger partial charge in [-0.15, -0.1) is 0 Å². The van der Waals surface area contributed by atoms with Crippen molar-refractivity contribution in [1.29, 1.82) is 0 Å². The van der Waals surface area contributed by atoms with Crippen molar-refractivity contribution in [3.8, 4) is 0 Å². The van der Waals surface area contributed by atoms with Crippen molar-refractivity contribution in [1.82, 2.24) is 4.13 Å². The van der Waals surface area contributed by atoms with E-state index in [4.69, 9.17) is 4.18 Å². The third-order valence-electron chi connectivity index (χ3n) is 6.04. The summed E-state index contributed by atoms with van der Waals surface area (Å²) in [6.45, 7) is 2.21. The minimum Gasteiger partial charge on any atom is -0.429 e. The molecule has 0 aliphatic heterocycles. The summed E-state index contributed by atoms with van der Waals surface area (Å²) >= 11 is 0. The SMILES string of the molecule is CC(C)(C)OC(=O)OCC(F)(F)S(=O)(=O)NS(=O)(=O)OCC12CC3CC(CC(C3)C1)C2. The van der Waals surface area contributed by atoms with E-state index in [1.807, 2.05) is 0 Å². The number of hydrogen-bond donors (Lipinski definition) is 1. The van der Waals surface area contributed by atoms with Crippen LogP contribution in [0.15, 0.2) is 0 Å². The van der Waals surface area contributed by atoms with Crippen LogP contribution in [-0.2, 0) is 34.0 Å². The van der Waals surface area contributed by atoms with Crippen molar-refractivity contribution < 1.29 is 44.1 Å². The van der Waals surface area contributed by atoms with Gasteiger partial charge in [0.15, 0.2) is 6.61 Å². The van der Waals surface area contributed by atoms with Gasteiger partial charge in [0.1, 0.15) is 5.60 Å². The molecule has 180 valence electrons. The highest BCUT2D eigenvalue weighted by Gasteiger charge is 2.53. The molecule has 4 aliphatic carbocycles. The molecule has 0 aromatic rings. The maximum absolute atomic E-state index is 14.1. The van der Waals surface area contributed by atoms with E-state index in [-0.39, 0.29) is 12.0 Å². The molecule has 31 heavy (non-hydrogen) atoms. The largest absolute Gasteiger partial charge is 0.509 e. The Labute approximate surface area is 181 Å². The smallest absolute Gasteiger partial charge is 0.429 e. The number of halogens is 2. The second-order valence-electron chi connectivity index (χ2n) is 10.1. The number of nitrogens with one attached hydrogen (secondary N) is 1. The minimum atomic E-state index is -5.76. The van der Waals surface area contributed by atoms with Crippen LogP contribution >= 0.6 is 0 Å². The van der Waals surface area contributed by atoms with Crippen LogP contribution in [0.5, 0.6) is 0 Å². The molecule has 4 aliphatic rings. The van der Waals surface area contributed by atoms with Crippen molar-refractivity contribution in [2.45, 2.75) is 70.2 Å². The molecule has 4 fully saturated rings. The lowest BCUT2D eigenvalue weighted by Gasteiger charge is -2.56. The van der Waals surface area contributed by atoms with Crippen LogP contribution in [0.1, 0.15) is 59.3 Å². The van der Waals surface area contributed by atoms with Gasteiger partial charge < -0.3 is 9.47 Å². The topological polar surface area (TPSA) is 125 Å². The summed E-state index contributed by atoms with van der Waals surface area (Å²) in [5.41, 5.74) is -1.41. The number of sulfonamides is 1. The number of hydrogen-bond acceptors (Lipinski definition) is 8. The second-order valence-corrected chi connectivity index (χ2v) is 13.5. The lowest BCUT2D eigenvalue weighted by Crippen LogP contribution is -2.50. The van der Waals surface area contributed by atoms with Gasteiger partial charge in [0.05, 0.1) is 6.61 Å². The molecule has 0 atom stereocenters. The Kier molecular flexibility index (Phi) is 6.40. The third kappa shape index (κ3) is 6.05. The van der Waals surface area contributed by atoms with Gasteiger partial charge in [-0.05, 0) is 82.5 Å².